The Balaban J connectivity index is 0.00000300. The number of methoxy groups -OCH3 is 1. The number of rotatable bonds is 8. The summed E-state index contributed by atoms with van der Waals surface area (Å²) in [5.74, 6) is 2.40. The van der Waals surface area contributed by atoms with Crippen molar-refractivity contribution in [1.29, 1.82) is 0 Å². The number of guanidine groups is 1. The maximum absolute atomic E-state index is 5.78. The van der Waals surface area contributed by atoms with E-state index in [9.17, 15) is 0 Å². The lowest BCUT2D eigenvalue weighted by molar-refractivity contribution is 0.155. The molecule has 1 atom stereocenters. The number of nitrogens with one attached hydrogen (secondary N) is 2. The number of piperidine rings is 1. The normalized spacial score (nSPS) is 20.3. The molecule has 2 aliphatic heterocycles. The first-order valence-corrected chi connectivity index (χ1v) is 10.8. The Hall–Kier alpha value is -1.06. The highest BCUT2D eigenvalue weighted by Gasteiger charge is 2.22. The highest BCUT2D eigenvalue weighted by Crippen LogP contribution is 2.33. The predicted molar refractivity (Wildman–Crippen MR) is 130 cm³/mol. The summed E-state index contributed by atoms with van der Waals surface area (Å²) in [7, 11) is 1.77. The van der Waals surface area contributed by atoms with Crippen molar-refractivity contribution in [3.63, 3.8) is 0 Å². The molecular formula is C22H37IN4O2. The van der Waals surface area contributed by atoms with Crippen LogP contribution in [0.15, 0.2) is 29.3 Å². The molecule has 7 heteroatoms. The zero-order valence-corrected chi connectivity index (χ0v) is 20.2. The minimum atomic E-state index is 0. The predicted octanol–water partition coefficient (Wildman–Crippen LogP) is 3.23. The molecule has 164 valence electrons. The molecule has 2 N–H and O–H groups in total. The zero-order chi connectivity index (χ0) is 19.6. The molecule has 6 nitrogen and oxygen atoms in total. The molecule has 0 aromatic heterocycles. The number of hydrogen-bond acceptors (Lipinski definition) is 4. The summed E-state index contributed by atoms with van der Waals surface area (Å²) in [5, 5.41) is 7.09. The number of para-hydroxylation sites is 1. The maximum atomic E-state index is 5.78. The molecule has 0 spiro atoms. The highest BCUT2D eigenvalue weighted by atomic mass is 127. The molecule has 2 aliphatic rings. The fourth-order valence-electron chi connectivity index (χ4n) is 4.05. The molecule has 1 saturated heterocycles. The number of ether oxygens (including phenoxy) is 2. The van der Waals surface area contributed by atoms with E-state index in [4.69, 9.17) is 14.5 Å². The van der Waals surface area contributed by atoms with Crippen molar-refractivity contribution in [2.75, 3.05) is 53.0 Å². The van der Waals surface area contributed by atoms with E-state index in [1.54, 1.807) is 7.11 Å². The van der Waals surface area contributed by atoms with Gasteiger partial charge < -0.3 is 25.0 Å². The zero-order valence-electron chi connectivity index (χ0n) is 17.9. The molecular weight excluding hydrogens is 479 g/mol. The van der Waals surface area contributed by atoms with Gasteiger partial charge in [0, 0.05) is 58.4 Å². The SMILES string of the molecule is CCNC(=NCC1CCOc2ccccc21)NC1CCN(CCCOC)CC1.I. The molecule has 29 heavy (non-hydrogen) atoms. The molecule has 0 amide bonds. The van der Waals surface area contributed by atoms with Crippen molar-refractivity contribution in [1.82, 2.24) is 15.5 Å². The van der Waals surface area contributed by atoms with E-state index in [2.05, 4.69) is 40.7 Å². The Kier molecular flexibility index (Phi) is 11.1. The first-order chi connectivity index (χ1) is 13.8. The Morgan fingerprint density at radius 2 is 2.03 bits per heavy atom. The third-order valence-corrected chi connectivity index (χ3v) is 5.65. The van der Waals surface area contributed by atoms with Gasteiger partial charge in [-0.25, -0.2) is 0 Å². The number of halogens is 1. The van der Waals surface area contributed by atoms with Crippen LogP contribution < -0.4 is 15.4 Å². The van der Waals surface area contributed by atoms with Gasteiger partial charge in [-0.2, -0.15) is 0 Å². The first-order valence-electron chi connectivity index (χ1n) is 10.8. The third kappa shape index (κ3) is 7.61. The second-order valence-corrected chi connectivity index (χ2v) is 7.70. The smallest absolute Gasteiger partial charge is 0.191 e. The van der Waals surface area contributed by atoms with E-state index in [-0.39, 0.29) is 24.0 Å². The van der Waals surface area contributed by atoms with Crippen LogP contribution in [0, 0.1) is 0 Å². The van der Waals surface area contributed by atoms with Gasteiger partial charge in [-0.05, 0) is 44.2 Å². The first kappa shape index (κ1) is 24.2. The number of aliphatic imine (C=N–C) groups is 1. The van der Waals surface area contributed by atoms with Gasteiger partial charge in [-0.15, -0.1) is 24.0 Å². The van der Waals surface area contributed by atoms with Crippen LogP contribution in [-0.2, 0) is 4.74 Å². The molecule has 0 aliphatic carbocycles. The average Bonchev–Trinajstić information content (AvgIpc) is 2.73. The lowest BCUT2D eigenvalue weighted by Gasteiger charge is -2.33. The van der Waals surface area contributed by atoms with Crippen molar-refractivity contribution in [3.8, 4) is 5.75 Å². The summed E-state index contributed by atoms with van der Waals surface area (Å²) in [4.78, 5) is 7.46. The van der Waals surface area contributed by atoms with E-state index < -0.39 is 0 Å². The van der Waals surface area contributed by atoms with Gasteiger partial charge in [0.25, 0.3) is 0 Å². The number of nitrogens with zero attached hydrogens (tertiary/aromatic N) is 2. The molecule has 0 bridgehead atoms. The van der Waals surface area contributed by atoms with E-state index in [1.807, 2.05) is 6.07 Å². The average molecular weight is 516 g/mol. The van der Waals surface area contributed by atoms with Gasteiger partial charge in [0.2, 0.25) is 0 Å². The van der Waals surface area contributed by atoms with Crippen molar-refractivity contribution < 1.29 is 9.47 Å². The van der Waals surface area contributed by atoms with Crippen LogP contribution in [0.4, 0.5) is 0 Å². The Morgan fingerprint density at radius 1 is 1.24 bits per heavy atom. The second-order valence-electron chi connectivity index (χ2n) is 7.70. The monoisotopic (exact) mass is 516 g/mol. The topological polar surface area (TPSA) is 58.1 Å². The van der Waals surface area contributed by atoms with E-state index in [0.717, 1.165) is 83.3 Å². The van der Waals surface area contributed by atoms with Gasteiger partial charge in [0.05, 0.1) is 6.61 Å². The molecule has 1 aromatic carbocycles. The highest BCUT2D eigenvalue weighted by molar-refractivity contribution is 14.0. The van der Waals surface area contributed by atoms with E-state index in [0.29, 0.717) is 12.0 Å². The van der Waals surface area contributed by atoms with Crippen molar-refractivity contribution in [2.45, 2.75) is 44.6 Å². The number of fused-ring (bicyclic) bond motifs is 1. The van der Waals surface area contributed by atoms with Crippen LogP contribution in [0.3, 0.4) is 0 Å². The van der Waals surface area contributed by atoms with Crippen LogP contribution in [0.2, 0.25) is 0 Å². The lowest BCUT2D eigenvalue weighted by Crippen LogP contribution is -2.49. The summed E-state index contributed by atoms with van der Waals surface area (Å²) < 4.78 is 10.9. The second kappa shape index (κ2) is 13.3. The van der Waals surface area contributed by atoms with Crippen LogP contribution in [0.1, 0.15) is 44.1 Å². The molecule has 3 rings (SSSR count). The molecule has 1 fully saturated rings. The van der Waals surface area contributed by atoms with E-state index >= 15 is 0 Å². The molecule has 2 heterocycles. The van der Waals surface area contributed by atoms with Crippen molar-refractivity contribution in [3.05, 3.63) is 29.8 Å². The number of benzene rings is 1. The minimum Gasteiger partial charge on any atom is -0.493 e. The molecule has 0 saturated carbocycles. The van der Waals surface area contributed by atoms with Crippen LogP contribution in [-0.4, -0.2) is 69.9 Å². The van der Waals surface area contributed by atoms with Crippen LogP contribution in [0.5, 0.6) is 5.75 Å². The minimum absolute atomic E-state index is 0. The van der Waals surface area contributed by atoms with E-state index in [1.165, 1.54) is 5.56 Å². The summed E-state index contributed by atoms with van der Waals surface area (Å²) in [6, 6.07) is 8.87. The van der Waals surface area contributed by atoms with Crippen molar-refractivity contribution >= 4 is 29.9 Å². The number of hydrogen-bond donors (Lipinski definition) is 2. The van der Waals surface area contributed by atoms with Gasteiger partial charge in [-0.3, -0.25) is 4.99 Å². The Labute approximate surface area is 192 Å². The van der Waals surface area contributed by atoms with Crippen LogP contribution >= 0.6 is 24.0 Å². The standard InChI is InChI=1S/C22H36N4O2.HI/c1-3-23-22(25-19-9-13-26(14-10-19)12-6-15-27-2)24-17-18-11-16-28-21-8-5-4-7-20(18)21;/h4-5,7-8,18-19H,3,6,9-17H2,1-2H3,(H2,23,24,25);1H. The van der Waals surface area contributed by atoms with Gasteiger partial charge in [0.15, 0.2) is 5.96 Å². The summed E-state index contributed by atoms with van der Waals surface area (Å²) in [6.07, 6.45) is 4.47. The summed E-state index contributed by atoms with van der Waals surface area (Å²) in [5.41, 5.74) is 1.29. The van der Waals surface area contributed by atoms with Crippen molar-refractivity contribution in [2.24, 2.45) is 4.99 Å². The summed E-state index contributed by atoms with van der Waals surface area (Å²) >= 11 is 0. The molecule has 0 radical (unpaired) electrons. The number of likely N-dealkylation sites (tertiary alicyclic amines) is 1. The van der Waals surface area contributed by atoms with Gasteiger partial charge >= 0.3 is 0 Å². The van der Waals surface area contributed by atoms with Crippen LogP contribution in [0.25, 0.3) is 0 Å². The van der Waals surface area contributed by atoms with Gasteiger partial charge in [0.1, 0.15) is 5.75 Å². The quantitative estimate of drug-likeness (QED) is 0.241. The lowest BCUT2D eigenvalue weighted by atomic mass is 9.93. The fraction of sp³-hybridized carbons (Fsp3) is 0.682. The maximum Gasteiger partial charge on any atom is 0.191 e. The largest absolute Gasteiger partial charge is 0.493 e. The van der Waals surface area contributed by atoms with Gasteiger partial charge in [-0.1, -0.05) is 18.2 Å². The Bertz CT molecular complexity index is 621. The summed E-state index contributed by atoms with van der Waals surface area (Å²) in [6.45, 7) is 8.87. The molecule has 1 unspecified atom stereocenters. The molecule has 1 aromatic rings. The Morgan fingerprint density at radius 3 is 2.79 bits per heavy atom. The fourth-order valence-corrected chi connectivity index (χ4v) is 4.05. The third-order valence-electron chi connectivity index (χ3n) is 5.65.